The predicted octanol–water partition coefficient (Wildman–Crippen LogP) is 3.02. The van der Waals surface area contributed by atoms with E-state index in [2.05, 4.69) is 30.6 Å². The van der Waals surface area contributed by atoms with Crippen molar-refractivity contribution in [1.29, 1.82) is 0 Å². The van der Waals surface area contributed by atoms with Crippen LogP contribution in [0.15, 0.2) is 61.1 Å². The molecule has 5 heterocycles. The summed E-state index contributed by atoms with van der Waals surface area (Å²) in [5.41, 5.74) is 2.01. The number of carbonyl (C=O) groups excluding carboxylic acids is 1. The topological polar surface area (TPSA) is 125 Å². The number of nitrogens with one attached hydrogen (secondary N) is 1. The summed E-state index contributed by atoms with van der Waals surface area (Å²) < 4.78 is 29.2. The number of halogens is 1. The molecular weight excluding hydrogens is 505 g/mol. The Labute approximate surface area is 222 Å². The molecule has 0 bridgehead atoms. The molecule has 13 heteroatoms. The number of carbonyl (C=O) groups is 1. The van der Waals surface area contributed by atoms with Gasteiger partial charge in [0.25, 0.3) is 5.91 Å². The zero-order chi connectivity index (χ0) is 26.9. The first-order chi connectivity index (χ1) is 19.0. The number of amides is 1. The number of nitrogens with zero attached hydrogens (tertiary/aromatic N) is 8. The number of benzene rings is 1. The van der Waals surface area contributed by atoms with Gasteiger partial charge >= 0.3 is 0 Å². The number of aromatic nitrogens is 7. The average Bonchev–Trinajstić information content (AvgIpc) is 3.58. The largest absolute Gasteiger partial charge is 0.496 e. The number of fused-ring (bicyclic) bond motifs is 1. The Balaban J connectivity index is 1.24. The van der Waals surface area contributed by atoms with Crippen LogP contribution in [0.3, 0.4) is 0 Å². The summed E-state index contributed by atoms with van der Waals surface area (Å²) in [7, 11) is 3.23. The molecule has 1 unspecified atom stereocenters. The highest BCUT2D eigenvalue weighted by atomic mass is 19.1. The number of aryl methyl sites for hydroxylation is 1. The van der Waals surface area contributed by atoms with Crippen molar-refractivity contribution >= 4 is 23.3 Å². The molecule has 5 aromatic rings. The Hall–Kier alpha value is -4.91. The Kier molecular flexibility index (Phi) is 6.32. The van der Waals surface area contributed by atoms with Gasteiger partial charge in [0.2, 0.25) is 5.95 Å². The molecule has 1 aromatic carbocycles. The number of rotatable bonds is 6. The summed E-state index contributed by atoms with van der Waals surface area (Å²) in [5, 5.41) is 16.0. The molecule has 39 heavy (non-hydrogen) atoms. The molecule has 12 nitrogen and oxygen atoms in total. The molecule has 0 spiro atoms. The van der Waals surface area contributed by atoms with Crippen LogP contribution in [0.2, 0.25) is 0 Å². The van der Waals surface area contributed by atoms with E-state index in [0.29, 0.717) is 29.7 Å². The maximum Gasteiger partial charge on any atom is 0.260 e. The van der Waals surface area contributed by atoms with Crippen LogP contribution in [0, 0.1) is 5.82 Å². The fourth-order valence-electron chi connectivity index (χ4n) is 4.51. The quantitative estimate of drug-likeness (QED) is 0.353. The van der Waals surface area contributed by atoms with Crippen LogP contribution in [0.1, 0.15) is 22.3 Å². The smallest absolute Gasteiger partial charge is 0.260 e. The molecule has 1 fully saturated rings. The number of ether oxygens (including phenoxy) is 2. The SMILES string of the molecule is COc1cccc(F)c1C(=O)N1CCOC(c2nnc3cc(-c4ccnc(Nc5ccnn5C)n4)ccn23)C1. The van der Waals surface area contributed by atoms with Gasteiger partial charge in [0.05, 0.1) is 32.2 Å². The number of hydrogen-bond acceptors (Lipinski definition) is 9. The van der Waals surface area contributed by atoms with Crippen LogP contribution in [0.25, 0.3) is 16.9 Å². The maximum absolute atomic E-state index is 14.5. The Morgan fingerprint density at radius 3 is 2.90 bits per heavy atom. The van der Waals surface area contributed by atoms with E-state index < -0.39 is 17.8 Å². The van der Waals surface area contributed by atoms with Crippen molar-refractivity contribution < 1.29 is 18.7 Å². The van der Waals surface area contributed by atoms with E-state index >= 15 is 0 Å². The van der Waals surface area contributed by atoms with Crippen molar-refractivity contribution in [2.45, 2.75) is 6.10 Å². The average molecular weight is 530 g/mol. The molecule has 0 saturated carbocycles. The highest BCUT2D eigenvalue weighted by Gasteiger charge is 2.31. The van der Waals surface area contributed by atoms with Crippen LogP contribution < -0.4 is 10.1 Å². The van der Waals surface area contributed by atoms with Crippen LogP contribution in [-0.4, -0.2) is 72.0 Å². The first-order valence-corrected chi connectivity index (χ1v) is 12.2. The maximum atomic E-state index is 14.5. The summed E-state index contributed by atoms with van der Waals surface area (Å²) >= 11 is 0. The number of morpholine rings is 1. The summed E-state index contributed by atoms with van der Waals surface area (Å²) in [6.45, 7) is 0.776. The minimum absolute atomic E-state index is 0.0986. The Bertz CT molecular complexity index is 1670. The van der Waals surface area contributed by atoms with E-state index in [1.54, 1.807) is 28.0 Å². The number of anilines is 2. The Morgan fingerprint density at radius 1 is 1.18 bits per heavy atom. The van der Waals surface area contributed by atoms with Crippen LogP contribution >= 0.6 is 0 Å². The normalized spacial score (nSPS) is 15.5. The summed E-state index contributed by atoms with van der Waals surface area (Å²) in [4.78, 5) is 23.7. The van der Waals surface area contributed by atoms with Crippen molar-refractivity contribution in [3.05, 3.63) is 78.3 Å². The van der Waals surface area contributed by atoms with Crippen molar-refractivity contribution in [2.24, 2.45) is 7.05 Å². The summed E-state index contributed by atoms with van der Waals surface area (Å²) in [6.07, 6.45) is 4.65. The van der Waals surface area contributed by atoms with Gasteiger partial charge in [0.15, 0.2) is 11.5 Å². The first kappa shape index (κ1) is 24.4. The second kappa shape index (κ2) is 10.1. The van der Waals surface area contributed by atoms with E-state index in [1.807, 2.05) is 41.9 Å². The zero-order valence-corrected chi connectivity index (χ0v) is 21.2. The molecule has 4 aromatic heterocycles. The van der Waals surface area contributed by atoms with Gasteiger partial charge in [-0.2, -0.15) is 5.10 Å². The van der Waals surface area contributed by atoms with Crippen molar-refractivity contribution in [3.63, 3.8) is 0 Å². The van der Waals surface area contributed by atoms with Gasteiger partial charge in [-0.1, -0.05) is 6.07 Å². The first-order valence-electron chi connectivity index (χ1n) is 12.2. The molecule has 1 aliphatic rings. The van der Waals surface area contributed by atoms with Gasteiger partial charge in [0, 0.05) is 37.6 Å². The molecule has 1 N–H and O–H groups in total. The number of pyridine rings is 1. The molecule has 1 aliphatic heterocycles. The lowest BCUT2D eigenvalue weighted by Gasteiger charge is -2.32. The second-order valence-electron chi connectivity index (χ2n) is 8.86. The lowest BCUT2D eigenvalue weighted by Crippen LogP contribution is -2.43. The fourth-order valence-corrected chi connectivity index (χ4v) is 4.51. The van der Waals surface area contributed by atoms with Crippen LogP contribution in [0.4, 0.5) is 16.2 Å². The van der Waals surface area contributed by atoms with Crippen molar-refractivity contribution in [1.82, 2.24) is 39.2 Å². The fraction of sp³-hybridized carbons (Fsp3) is 0.231. The molecule has 198 valence electrons. The number of hydrogen-bond donors (Lipinski definition) is 1. The van der Waals surface area contributed by atoms with Crippen molar-refractivity contribution in [2.75, 3.05) is 32.1 Å². The predicted molar refractivity (Wildman–Crippen MR) is 138 cm³/mol. The van der Waals surface area contributed by atoms with E-state index in [0.717, 1.165) is 11.4 Å². The highest BCUT2D eigenvalue weighted by molar-refractivity contribution is 5.97. The Morgan fingerprint density at radius 2 is 2.08 bits per heavy atom. The molecule has 1 saturated heterocycles. The third-order valence-corrected chi connectivity index (χ3v) is 6.50. The minimum Gasteiger partial charge on any atom is -0.496 e. The van der Waals surface area contributed by atoms with Gasteiger partial charge in [0.1, 0.15) is 29.1 Å². The summed E-state index contributed by atoms with van der Waals surface area (Å²) in [6, 6.07) is 11.7. The molecule has 1 atom stereocenters. The minimum atomic E-state index is -0.633. The third kappa shape index (κ3) is 4.63. The monoisotopic (exact) mass is 529 g/mol. The second-order valence-corrected chi connectivity index (χ2v) is 8.86. The van der Waals surface area contributed by atoms with Crippen LogP contribution in [-0.2, 0) is 11.8 Å². The highest BCUT2D eigenvalue weighted by Crippen LogP contribution is 2.28. The molecule has 1 amide bonds. The lowest BCUT2D eigenvalue weighted by molar-refractivity contribution is -0.0274. The van der Waals surface area contributed by atoms with E-state index in [1.165, 1.54) is 19.2 Å². The number of methoxy groups -OCH3 is 1. The van der Waals surface area contributed by atoms with Gasteiger partial charge in [-0.05, 0) is 30.3 Å². The van der Waals surface area contributed by atoms with E-state index in [9.17, 15) is 9.18 Å². The van der Waals surface area contributed by atoms with Gasteiger partial charge in [-0.3, -0.25) is 13.9 Å². The van der Waals surface area contributed by atoms with Gasteiger partial charge in [-0.15, -0.1) is 10.2 Å². The standard InChI is InChI=1S/C26H24FN9O3/c1-34-21(7-10-29-34)31-26-28-9-6-18(30-26)16-8-11-36-22(14-16)32-33-24(36)20-15-35(12-13-39-20)25(37)23-17(27)4-3-5-19(23)38-2/h3-11,14,20H,12-13,15H2,1-2H3,(H,28,30,31). The summed E-state index contributed by atoms with van der Waals surface area (Å²) in [5.74, 6) is 0.825. The molecular formula is C26H24FN9O3. The molecule has 0 aliphatic carbocycles. The van der Waals surface area contributed by atoms with E-state index in [4.69, 9.17) is 9.47 Å². The molecule has 0 radical (unpaired) electrons. The lowest BCUT2D eigenvalue weighted by atomic mass is 10.1. The zero-order valence-electron chi connectivity index (χ0n) is 21.2. The van der Waals surface area contributed by atoms with E-state index in [-0.39, 0.29) is 24.5 Å². The van der Waals surface area contributed by atoms with Gasteiger partial charge < -0.3 is 19.7 Å². The van der Waals surface area contributed by atoms with Crippen molar-refractivity contribution in [3.8, 4) is 17.0 Å². The van der Waals surface area contributed by atoms with Crippen LogP contribution in [0.5, 0.6) is 5.75 Å². The molecule has 6 rings (SSSR count). The van der Waals surface area contributed by atoms with Gasteiger partial charge in [-0.25, -0.2) is 14.4 Å². The third-order valence-electron chi connectivity index (χ3n) is 6.50.